The summed E-state index contributed by atoms with van der Waals surface area (Å²) in [6.45, 7) is 3.69. The highest BCUT2D eigenvalue weighted by Gasteiger charge is 2.31. The molecule has 0 heterocycles. The van der Waals surface area contributed by atoms with Gasteiger partial charge in [-0.15, -0.1) is 0 Å². The summed E-state index contributed by atoms with van der Waals surface area (Å²) < 4.78 is 5.19. The first kappa shape index (κ1) is 15.5. The van der Waals surface area contributed by atoms with Crippen molar-refractivity contribution >= 4 is 11.8 Å². The molecule has 1 aromatic rings. The number of methoxy groups -OCH3 is 1. The van der Waals surface area contributed by atoms with Crippen LogP contribution in [-0.4, -0.2) is 36.1 Å². The molecule has 1 aromatic carbocycles. The van der Waals surface area contributed by atoms with E-state index >= 15 is 0 Å². The molecule has 1 aliphatic rings. The van der Waals surface area contributed by atoms with Crippen molar-refractivity contribution in [3.8, 4) is 5.75 Å². The van der Waals surface area contributed by atoms with E-state index in [9.17, 15) is 9.59 Å². The number of aliphatic carboxylic acids is 1. The number of carboxylic acid groups (broad SMARTS) is 1. The maximum absolute atomic E-state index is 12.7. The molecule has 0 saturated heterocycles. The second-order valence-electron chi connectivity index (χ2n) is 5.59. The fourth-order valence-electron chi connectivity index (χ4n) is 2.54. The maximum atomic E-state index is 12.7. The zero-order chi connectivity index (χ0) is 15.6. The number of carbonyl (C=O) groups is 2. The lowest BCUT2D eigenvalue weighted by Crippen LogP contribution is -2.40. The van der Waals surface area contributed by atoms with Crippen LogP contribution in [0.25, 0.3) is 0 Å². The van der Waals surface area contributed by atoms with Crippen LogP contribution in [0.15, 0.2) is 12.1 Å². The van der Waals surface area contributed by atoms with Crippen molar-refractivity contribution in [2.75, 3.05) is 7.11 Å². The molecule has 114 valence electrons. The van der Waals surface area contributed by atoms with Crippen LogP contribution in [0.5, 0.6) is 5.75 Å². The summed E-state index contributed by atoms with van der Waals surface area (Å²) in [5.74, 6) is -0.418. The van der Waals surface area contributed by atoms with Crippen LogP contribution >= 0.6 is 0 Å². The Morgan fingerprint density at radius 1 is 1.33 bits per heavy atom. The Hall–Kier alpha value is -1.88. The predicted molar refractivity (Wildman–Crippen MR) is 79.0 cm³/mol. The van der Waals surface area contributed by atoms with Crippen molar-refractivity contribution < 1.29 is 19.4 Å². The van der Waals surface area contributed by atoms with Gasteiger partial charge in [-0.3, -0.25) is 9.59 Å². The Bertz CT molecular complexity index is 540. The highest BCUT2D eigenvalue weighted by atomic mass is 16.5. The fourth-order valence-corrected chi connectivity index (χ4v) is 2.54. The van der Waals surface area contributed by atoms with E-state index in [-0.39, 0.29) is 18.2 Å². The van der Waals surface area contributed by atoms with Crippen molar-refractivity contribution in [2.45, 2.75) is 45.2 Å². The van der Waals surface area contributed by atoms with Crippen LogP contribution in [0.1, 0.15) is 40.7 Å². The van der Waals surface area contributed by atoms with Crippen molar-refractivity contribution in [3.05, 3.63) is 28.8 Å². The molecule has 5 nitrogen and oxygen atoms in total. The molecule has 21 heavy (non-hydrogen) atoms. The topological polar surface area (TPSA) is 75.6 Å². The number of Topliss-reactive ketones (excluding diaryl/α,β-unsaturated/α-hetero) is 1. The van der Waals surface area contributed by atoms with E-state index < -0.39 is 12.0 Å². The Labute approximate surface area is 124 Å². The Morgan fingerprint density at radius 3 is 2.33 bits per heavy atom. The summed E-state index contributed by atoms with van der Waals surface area (Å²) in [5, 5.41) is 12.2. The Balaban J connectivity index is 2.28. The number of aryl methyl sites for hydroxylation is 2. The summed E-state index contributed by atoms with van der Waals surface area (Å²) in [5.41, 5.74) is 2.21. The number of nitrogens with one attached hydrogen (secondary N) is 1. The van der Waals surface area contributed by atoms with E-state index in [2.05, 4.69) is 5.32 Å². The van der Waals surface area contributed by atoms with Crippen LogP contribution in [0.4, 0.5) is 0 Å². The summed E-state index contributed by atoms with van der Waals surface area (Å²) >= 11 is 0. The number of carboxylic acids is 1. The van der Waals surface area contributed by atoms with Crippen LogP contribution in [0.2, 0.25) is 0 Å². The minimum atomic E-state index is -0.967. The number of hydrogen-bond donors (Lipinski definition) is 2. The SMILES string of the molecule is COc1cc(C)c(C(=O)C(CC(=O)O)NC2CC2)c(C)c1. The monoisotopic (exact) mass is 291 g/mol. The molecule has 0 spiro atoms. The largest absolute Gasteiger partial charge is 0.497 e. The molecule has 0 amide bonds. The lowest BCUT2D eigenvalue weighted by molar-refractivity contribution is -0.137. The second kappa shape index (κ2) is 6.26. The van der Waals surface area contributed by atoms with Gasteiger partial charge in [0.05, 0.1) is 19.6 Å². The molecule has 1 saturated carbocycles. The summed E-state index contributed by atoms with van der Waals surface area (Å²) in [7, 11) is 1.58. The maximum Gasteiger partial charge on any atom is 0.305 e. The van der Waals surface area contributed by atoms with Crippen molar-refractivity contribution in [3.63, 3.8) is 0 Å². The lowest BCUT2D eigenvalue weighted by atomic mass is 9.93. The molecule has 1 fully saturated rings. The molecule has 1 atom stereocenters. The van der Waals surface area contributed by atoms with Gasteiger partial charge in [-0.05, 0) is 49.9 Å². The number of hydrogen-bond acceptors (Lipinski definition) is 4. The van der Waals surface area contributed by atoms with Gasteiger partial charge in [0, 0.05) is 11.6 Å². The normalized spacial score (nSPS) is 15.6. The van der Waals surface area contributed by atoms with E-state index in [1.807, 2.05) is 13.8 Å². The Morgan fingerprint density at radius 2 is 1.90 bits per heavy atom. The van der Waals surface area contributed by atoms with Gasteiger partial charge in [-0.1, -0.05) is 0 Å². The van der Waals surface area contributed by atoms with Crippen molar-refractivity contribution in [1.29, 1.82) is 0 Å². The highest BCUT2D eigenvalue weighted by Crippen LogP contribution is 2.25. The van der Waals surface area contributed by atoms with Gasteiger partial charge >= 0.3 is 5.97 Å². The molecule has 0 aliphatic heterocycles. The first-order valence-electron chi connectivity index (χ1n) is 7.09. The van der Waals surface area contributed by atoms with Crippen LogP contribution in [0, 0.1) is 13.8 Å². The number of ketones is 1. The van der Waals surface area contributed by atoms with E-state index in [4.69, 9.17) is 9.84 Å². The van der Waals surface area contributed by atoms with Gasteiger partial charge in [-0.2, -0.15) is 0 Å². The predicted octanol–water partition coefficient (Wildman–Crippen LogP) is 2.09. The van der Waals surface area contributed by atoms with Gasteiger partial charge in [-0.25, -0.2) is 0 Å². The molecule has 1 unspecified atom stereocenters. The van der Waals surface area contributed by atoms with E-state index in [0.29, 0.717) is 11.3 Å². The smallest absolute Gasteiger partial charge is 0.305 e. The minimum Gasteiger partial charge on any atom is -0.497 e. The molecule has 2 rings (SSSR count). The van der Waals surface area contributed by atoms with E-state index in [1.54, 1.807) is 19.2 Å². The molecule has 1 aliphatic carbocycles. The number of ether oxygens (including phenoxy) is 1. The Kier molecular flexibility index (Phi) is 4.63. The van der Waals surface area contributed by atoms with E-state index in [0.717, 1.165) is 24.0 Å². The molecular weight excluding hydrogens is 270 g/mol. The highest BCUT2D eigenvalue weighted by molar-refractivity contribution is 6.04. The third-order valence-corrected chi connectivity index (χ3v) is 3.70. The number of benzene rings is 1. The standard InChI is InChI=1S/C16H21NO4/c1-9-6-12(21-3)7-10(2)15(9)16(20)13(8-14(18)19)17-11-4-5-11/h6-7,11,13,17H,4-5,8H2,1-3H3,(H,18,19). The number of carbonyl (C=O) groups excluding carboxylic acids is 1. The minimum absolute atomic E-state index is 0.151. The van der Waals surface area contributed by atoms with Gasteiger partial charge in [0.2, 0.25) is 0 Å². The molecule has 5 heteroatoms. The summed E-state index contributed by atoms with van der Waals surface area (Å²) in [6, 6.07) is 3.21. The molecule has 2 N–H and O–H groups in total. The average molecular weight is 291 g/mol. The zero-order valence-electron chi connectivity index (χ0n) is 12.6. The van der Waals surface area contributed by atoms with Gasteiger partial charge in [0.25, 0.3) is 0 Å². The summed E-state index contributed by atoms with van der Waals surface area (Å²) in [4.78, 5) is 23.7. The lowest BCUT2D eigenvalue weighted by Gasteiger charge is -2.19. The molecule has 0 radical (unpaired) electrons. The van der Waals surface area contributed by atoms with E-state index in [1.165, 1.54) is 0 Å². The first-order valence-corrected chi connectivity index (χ1v) is 7.09. The number of rotatable bonds is 7. The van der Waals surface area contributed by atoms with Gasteiger partial charge < -0.3 is 15.2 Å². The quantitative estimate of drug-likeness (QED) is 0.752. The van der Waals surface area contributed by atoms with Crippen molar-refractivity contribution in [2.24, 2.45) is 0 Å². The average Bonchev–Trinajstić information content (AvgIpc) is 3.20. The fraction of sp³-hybridized carbons (Fsp3) is 0.500. The van der Waals surface area contributed by atoms with Gasteiger partial charge in [0.1, 0.15) is 5.75 Å². The van der Waals surface area contributed by atoms with Crippen LogP contribution < -0.4 is 10.1 Å². The summed E-state index contributed by atoms with van der Waals surface area (Å²) in [6.07, 6.45) is 1.81. The first-order chi connectivity index (χ1) is 9.92. The zero-order valence-corrected chi connectivity index (χ0v) is 12.6. The van der Waals surface area contributed by atoms with Crippen LogP contribution in [-0.2, 0) is 4.79 Å². The third-order valence-electron chi connectivity index (χ3n) is 3.70. The second-order valence-corrected chi connectivity index (χ2v) is 5.59. The van der Waals surface area contributed by atoms with Crippen molar-refractivity contribution in [1.82, 2.24) is 5.32 Å². The van der Waals surface area contributed by atoms with Crippen LogP contribution in [0.3, 0.4) is 0 Å². The molecular formula is C16H21NO4. The van der Waals surface area contributed by atoms with Gasteiger partial charge in [0.15, 0.2) is 5.78 Å². The molecule has 0 bridgehead atoms. The third kappa shape index (κ3) is 3.82. The molecule has 0 aromatic heterocycles.